The monoisotopic (exact) mass is 459 g/mol. The highest BCUT2D eigenvalue weighted by atomic mass is 19.1. The van der Waals surface area contributed by atoms with Crippen molar-refractivity contribution in [1.29, 1.82) is 0 Å². The number of hydrogen-bond acceptors (Lipinski definition) is 7. The predicted octanol–water partition coefficient (Wildman–Crippen LogP) is 3.15. The number of hydrogen-bond donors (Lipinski definition) is 0. The summed E-state index contributed by atoms with van der Waals surface area (Å²) in [6, 6.07) is 13.7. The Kier molecular flexibility index (Phi) is 4.95. The van der Waals surface area contributed by atoms with Crippen molar-refractivity contribution in [2.24, 2.45) is 7.05 Å². The first-order chi connectivity index (χ1) is 16.6. The molecule has 34 heavy (non-hydrogen) atoms. The number of para-hydroxylation sites is 1. The van der Waals surface area contributed by atoms with Crippen molar-refractivity contribution >= 4 is 16.7 Å². The molecule has 4 heterocycles. The third-order valence-electron chi connectivity index (χ3n) is 6.44. The number of halogens is 1. The molecule has 1 atom stereocenters. The lowest BCUT2D eigenvalue weighted by Gasteiger charge is -2.30. The van der Waals surface area contributed by atoms with Crippen LogP contribution in [0.5, 0.6) is 0 Å². The van der Waals surface area contributed by atoms with Gasteiger partial charge in [0.1, 0.15) is 5.82 Å². The van der Waals surface area contributed by atoms with Crippen molar-refractivity contribution in [3.63, 3.8) is 0 Å². The normalized spacial score (nSPS) is 17.1. The molecule has 0 aliphatic carbocycles. The summed E-state index contributed by atoms with van der Waals surface area (Å²) >= 11 is 0. The minimum Gasteiger partial charge on any atom is -0.339 e. The first-order valence-electron chi connectivity index (χ1n) is 11.2. The molecule has 2 aromatic carbocycles. The Morgan fingerprint density at radius 2 is 2.03 bits per heavy atom. The summed E-state index contributed by atoms with van der Waals surface area (Å²) in [5.41, 5.74) is 1.30. The van der Waals surface area contributed by atoms with Gasteiger partial charge in [0.25, 0.3) is 5.56 Å². The molecule has 0 amide bonds. The Bertz CT molecular complexity index is 1570. The summed E-state index contributed by atoms with van der Waals surface area (Å²) < 4.78 is 22.6. The largest absolute Gasteiger partial charge is 0.339 e. The quantitative estimate of drug-likeness (QED) is 0.407. The number of nitrogens with zero attached hydrogens (tertiary/aromatic N) is 7. The van der Waals surface area contributed by atoms with Crippen LogP contribution in [0.4, 0.5) is 4.39 Å². The molecule has 3 aromatic heterocycles. The fraction of sp³-hybridized carbons (Fsp3) is 0.292. The number of benzene rings is 2. The second-order valence-electron chi connectivity index (χ2n) is 8.67. The van der Waals surface area contributed by atoms with E-state index in [1.165, 1.54) is 16.7 Å². The van der Waals surface area contributed by atoms with Gasteiger partial charge in [0, 0.05) is 19.2 Å². The number of rotatable bonds is 4. The second-order valence-corrected chi connectivity index (χ2v) is 8.67. The topological polar surface area (TPSA) is 94.3 Å². The van der Waals surface area contributed by atoms with E-state index in [1.807, 2.05) is 28.7 Å². The molecule has 1 aliphatic rings. The Hall–Kier alpha value is -3.92. The first kappa shape index (κ1) is 20.7. The van der Waals surface area contributed by atoms with Crippen LogP contribution >= 0.6 is 0 Å². The number of fused-ring (bicyclic) bond motifs is 3. The highest BCUT2D eigenvalue weighted by Gasteiger charge is 2.27. The van der Waals surface area contributed by atoms with Crippen LogP contribution in [0.15, 0.2) is 57.8 Å². The Morgan fingerprint density at radius 3 is 2.91 bits per heavy atom. The molecule has 6 rings (SSSR count). The summed E-state index contributed by atoms with van der Waals surface area (Å²) in [7, 11) is 1.71. The lowest BCUT2D eigenvalue weighted by Crippen LogP contribution is -2.34. The first-order valence-corrected chi connectivity index (χ1v) is 11.2. The van der Waals surface area contributed by atoms with Crippen LogP contribution in [0.1, 0.15) is 30.5 Å². The summed E-state index contributed by atoms with van der Waals surface area (Å²) in [4.78, 5) is 19.5. The molecule has 0 radical (unpaired) electrons. The van der Waals surface area contributed by atoms with Crippen LogP contribution in [-0.4, -0.2) is 47.3 Å². The van der Waals surface area contributed by atoms with Gasteiger partial charge in [-0.1, -0.05) is 29.4 Å². The minimum absolute atomic E-state index is 0.0730. The molecule has 1 saturated heterocycles. The Labute approximate surface area is 193 Å². The predicted molar refractivity (Wildman–Crippen MR) is 123 cm³/mol. The zero-order chi connectivity index (χ0) is 23.2. The van der Waals surface area contributed by atoms with Gasteiger partial charge >= 0.3 is 0 Å². The molecule has 1 unspecified atom stereocenters. The van der Waals surface area contributed by atoms with E-state index in [0.717, 1.165) is 37.3 Å². The van der Waals surface area contributed by atoms with Gasteiger partial charge in [-0.3, -0.25) is 18.7 Å². The van der Waals surface area contributed by atoms with Gasteiger partial charge in [-0.25, -0.2) is 4.39 Å². The molecule has 1 fully saturated rings. The van der Waals surface area contributed by atoms with Crippen molar-refractivity contribution in [1.82, 2.24) is 34.2 Å². The highest BCUT2D eigenvalue weighted by molar-refractivity contribution is 5.80. The van der Waals surface area contributed by atoms with E-state index < -0.39 is 0 Å². The number of aryl methyl sites for hydroxylation is 1. The van der Waals surface area contributed by atoms with Gasteiger partial charge in [0.15, 0.2) is 5.82 Å². The molecule has 172 valence electrons. The lowest BCUT2D eigenvalue weighted by atomic mass is 9.98. The second kappa shape index (κ2) is 8.14. The Balaban J connectivity index is 1.28. The smallest absolute Gasteiger partial charge is 0.262 e. The highest BCUT2D eigenvalue weighted by Crippen LogP contribution is 2.28. The van der Waals surface area contributed by atoms with E-state index in [2.05, 4.69) is 25.2 Å². The summed E-state index contributed by atoms with van der Waals surface area (Å²) in [6.07, 6.45) is 1.90. The summed E-state index contributed by atoms with van der Waals surface area (Å²) in [6.45, 7) is 2.20. The minimum atomic E-state index is -0.335. The van der Waals surface area contributed by atoms with Crippen molar-refractivity contribution in [3.05, 3.63) is 76.4 Å². The number of likely N-dealkylation sites (tertiary alicyclic amines) is 1. The van der Waals surface area contributed by atoms with Crippen LogP contribution in [0.2, 0.25) is 0 Å². The van der Waals surface area contributed by atoms with Gasteiger partial charge in [0.05, 0.1) is 23.4 Å². The maximum Gasteiger partial charge on any atom is 0.262 e. The van der Waals surface area contributed by atoms with Crippen LogP contribution < -0.4 is 5.56 Å². The molecule has 0 spiro atoms. The summed E-state index contributed by atoms with van der Waals surface area (Å²) in [5, 5.41) is 13.4. The molecule has 0 saturated carbocycles. The maximum absolute atomic E-state index is 13.6. The molecule has 0 bridgehead atoms. The average Bonchev–Trinajstić information content (AvgIpc) is 3.51. The molecular formula is C24H22FN7O2. The average molecular weight is 459 g/mol. The number of aromatic nitrogens is 6. The van der Waals surface area contributed by atoms with Gasteiger partial charge < -0.3 is 4.52 Å². The van der Waals surface area contributed by atoms with Crippen molar-refractivity contribution in [2.45, 2.75) is 25.3 Å². The fourth-order valence-corrected chi connectivity index (χ4v) is 4.74. The zero-order valence-corrected chi connectivity index (χ0v) is 18.6. The molecule has 5 aromatic rings. The van der Waals surface area contributed by atoms with E-state index in [0.29, 0.717) is 35.0 Å². The molecule has 9 nitrogen and oxygen atoms in total. The summed E-state index contributed by atoms with van der Waals surface area (Å²) in [5.74, 6) is 1.98. The molecular weight excluding hydrogens is 437 g/mol. The number of piperidine rings is 1. The van der Waals surface area contributed by atoms with E-state index >= 15 is 0 Å². The molecule has 1 aliphatic heterocycles. The van der Waals surface area contributed by atoms with Crippen molar-refractivity contribution in [2.75, 3.05) is 13.1 Å². The molecule has 10 heteroatoms. The van der Waals surface area contributed by atoms with Gasteiger partial charge in [-0.2, -0.15) is 4.98 Å². The molecule has 0 N–H and O–H groups in total. The van der Waals surface area contributed by atoms with Gasteiger partial charge in [0.2, 0.25) is 17.5 Å². The van der Waals surface area contributed by atoms with Crippen LogP contribution in [0.25, 0.3) is 28.1 Å². The van der Waals surface area contributed by atoms with E-state index in [-0.39, 0.29) is 17.3 Å². The van der Waals surface area contributed by atoms with Crippen molar-refractivity contribution in [3.8, 4) is 11.4 Å². The Morgan fingerprint density at radius 1 is 1.15 bits per heavy atom. The zero-order valence-electron chi connectivity index (χ0n) is 18.6. The van der Waals surface area contributed by atoms with E-state index in [9.17, 15) is 9.18 Å². The third kappa shape index (κ3) is 3.47. The van der Waals surface area contributed by atoms with E-state index in [4.69, 9.17) is 4.52 Å². The SMILES string of the molecule is Cn1c(=O)c2ccccc2n2c(CN3CCCC(c4nc(-c5cccc(F)c5)no4)C3)nnc12. The standard InChI is InChI=1S/C24H22FN7O2/c1-30-23(33)18-9-2-3-10-19(18)32-20(27-28-24(30)32)14-31-11-5-7-16(13-31)22-26-21(29-34-22)15-6-4-8-17(25)12-15/h2-4,6,8-10,12,16H,5,7,11,13-14H2,1H3. The van der Waals surface area contributed by atoms with Gasteiger partial charge in [-0.05, 0) is 43.7 Å². The van der Waals surface area contributed by atoms with Crippen LogP contribution in [0.3, 0.4) is 0 Å². The lowest BCUT2D eigenvalue weighted by molar-refractivity contribution is 0.176. The fourth-order valence-electron chi connectivity index (χ4n) is 4.74. The van der Waals surface area contributed by atoms with E-state index in [1.54, 1.807) is 19.2 Å². The maximum atomic E-state index is 13.6. The van der Waals surface area contributed by atoms with Crippen LogP contribution in [-0.2, 0) is 13.6 Å². The van der Waals surface area contributed by atoms with Crippen LogP contribution in [0, 0.1) is 5.82 Å². The van der Waals surface area contributed by atoms with Gasteiger partial charge in [-0.15, -0.1) is 10.2 Å². The third-order valence-corrected chi connectivity index (χ3v) is 6.44. The van der Waals surface area contributed by atoms with Crippen molar-refractivity contribution < 1.29 is 8.91 Å².